The molecule has 21 heavy (non-hydrogen) atoms. The molecule has 2 heterocycles. The van der Waals surface area contributed by atoms with Crippen LogP contribution in [0.4, 0.5) is 5.69 Å². The zero-order valence-electron chi connectivity index (χ0n) is 12.7. The lowest BCUT2D eigenvalue weighted by atomic mass is 9.98. The number of aromatic nitrogens is 3. The minimum absolute atomic E-state index is 0.182. The van der Waals surface area contributed by atoms with E-state index in [2.05, 4.69) is 53.1 Å². The van der Waals surface area contributed by atoms with Gasteiger partial charge in [-0.15, -0.1) is 0 Å². The summed E-state index contributed by atoms with van der Waals surface area (Å²) in [6.07, 6.45) is 2.60. The quantitative estimate of drug-likeness (QED) is 0.931. The van der Waals surface area contributed by atoms with Crippen LogP contribution in [0.1, 0.15) is 25.2 Å². The molecule has 1 aliphatic heterocycles. The van der Waals surface area contributed by atoms with Crippen molar-refractivity contribution in [2.45, 2.75) is 39.4 Å². The Labute approximate surface area is 125 Å². The Kier molecular flexibility index (Phi) is 3.92. The van der Waals surface area contributed by atoms with Crippen LogP contribution in [-0.4, -0.2) is 27.4 Å². The highest BCUT2D eigenvalue weighted by atomic mass is 15.3. The second-order valence-corrected chi connectivity index (χ2v) is 6.23. The zero-order valence-corrected chi connectivity index (χ0v) is 12.7. The summed E-state index contributed by atoms with van der Waals surface area (Å²) in [6, 6.07) is 8.68. The van der Waals surface area contributed by atoms with Gasteiger partial charge in [0.2, 0.25) is 0 Å². The van der Waals surface area contributed by atoms with E-state index in [-0.39, 0.29) is 6.04 Å². The number of nitrogens with two attached hydrogens (primary N) is 1. The maximum absolute atomic E-state index is 6.20. The van der Waals surface area contributed by atoms with Crippen LogP contribution in [-0.2, 0) is 19.5 Å². The van der Waals surface area contributed by atoms with Gasteiger partial charge in [-0.1, -0.05) is 32.0 Å². The van der Waals surface area contributed by atoms with Gasteiger partial charge in [-0.3, -0.25) is 0 Å². The predicted octanol–water partition coefficient (Wildman–Crippen LogP) is 1.82. The summed E-state index contributed by atoms with van der Waals surface area (Å²) in [5.41, 5.74) is 8.80. The van der Waals surface area contributed by atoms with Gasteiger partial charge in [-0.2, -0.15) is 5.10 Å². The van der Waals surface area contributed by atoms with Crippen molar-refractivity contribution in [2.75, 3.05) is 11.4 Å². The number of benzene rings is 1. The van der Waals surface area contributed by atoms with Gasteiger partial charge in [0.05, 0.1) is 6.54 Å². The van der Waals surface area contributed by atoms with Gasteiger partial charge in [-0.25, -0.2) is 9.67 Å². The number of fused-ring (bicyclic) bond motifs is 1. The molecule has 1 unspecified atom stereocenters. The maximum Gasteiger partial charge on any atom is 0.146 e. The Morgan fingerprint density at radius 3 is 2.95 bits per heavy atom. The molecule has 0 fully saturated rings. The number of rotatable bonds is 4. The van der Waals surface area contributed by atoms with Crippen LogP contribution in [0.2, 0.25) is 0 Å². The molecule has 112 valence electrons. The molecule has 0 radical (unpaired) electrons. The monoisotopic (exact) mass is 285 g/mol. The number of hydrogen-bond donors (Lipinski definition) is 1. The average molecular weight is 285 g/mol. The van der Waals surface area contributed by atoms with Crippen LogP contribution in [0.3, 0.4) is 0 Å². The molecule has 2 aromatic rings. The summed E-state index contributed by atoms with van der Waals surface area (Å²) >= 11 is 0. The summed E-state index contributed by atoms with van der Waals surface area (Å²) < 4.78 is 2.01. The van der Waals surface area contributed by atoms with Gasteiger partial charge in [0, 0.05) is 24.8 Å². The van der Waals surface area contributed by atoms with Crippen LogP contribution in [0.25, 0.3) is 0 Å². The van der Waals surface area contributed by atoms with Crippen LogP contribution < -0.4 is 10.6 Å². The van der Waals surface area contributed by atoms with E-state index in [9.17, 15) is 0 Å². The molecule has 1 aromatic carbocycles. The van der Waals surface area contributed by atoms with Gasteiger partial charge < -0.3 is 10.6 Å². The molecular weight excluding hydrogens is 262 g/mol. The second-order valence-electron chi connectivity index (χ2n) is 6.23. The molecule has 0 saturated heterocycles. The Morgan fingerprint density at radius 1 is 1.33 bits per heavy atom. The lowest BCUT2D eigenvalue weighted by Crippen LogP contribution is -2.43. The second kappa shape index (κ2) is 5.85. The highest BCUT2D eigenvalue weighted by Gasteiger charge is 2.23. The highest BCUT2D eigenvalue weighted by Crippen LogP contribution is 2.27. The molecule has 0 spiro atoms. The Hall–Kier alpha value is -1.88. The first-order valence-electron chi connectivity index (χ1n) is 7.58. The normalized spacial score (nSPS) is 18.1. The smallest absolute Gasteiger partial charge is 0.146 e. The molecule has 1 atom stereocenters. The molecule has 5 nitrogen and oxygen atoms in total. The minimum atomic E-state index is 0.182. The van der Waals surface area contributed by atoms with Gasteiger partial charge in [0.25, 0.3) is 0 Å². The van der Waals surface area contributed by atoms with Crippen molar-refractivity contribution in [1.29, 1.82) is 0 Å². The first-order chi connectivity index (χ1) is 10.1. The molecular formula is C16H23N5. The SMILES string of the molecule is CC(C)Cn1ncnc1CN1CC(N)Cc2ccccc21. The third kappa shape index (κ3) is 3.08. The van der Waals surface area contributed by atoms with E-state index in [0.29, 0.717) is 5.92 Å². The zero-order chi connectivity index (χ0) is 14.8. The molecule has 0 saturated carbocycles. The highest BCUT2D eigenvalue weighted by molar-refractivity contribution is 5.56. The Bertz CT molecular complexity index is 604. The van der Waals surface area contributed by atoms with Crippen molar-refractivity contribution < 1.29 is 0 Å². The van der Waals surface area contributed by atoms with Crippen LogP contribution in [0.15, 0.2) is 30.6 Å². The molecule has 1 aliphatic rings. The third-order valence-electron chi connectivity index (χ3n) is 3.84. The molecule has 2 N–H and O–H groups in total. The molecule has 3 rings (SSSR count). The molecule has 0 aliphatic carbocycles. The van der Waals surface area contributed by atoms with E-state index in [1.807, 2.05) is 4.68 Å². The van der Waals surface area contributed by atoms with Crippen molar-refractivity contribution >= 4 is 5.69 Å². The van der Waals surface area contributed by atoms with Crippen LogP contribution >= 0.6 is 0 Å². The van der Waals surface area contributed by atoms with Crippen molar-refractivity contribution in [3.8, 4) is 0 Å². The van der Waals surface area contributed by atoms with Crippen molar-refractivity contribution in [2.24, 2.45) is 11.7 Å². The maximum atomic E-state index is 6.20. The molecule has 5 heteroatoms. The fourth-order valence-electron chi connectivity index (χ4n) is 2.95. The lowest BCUT2D eigenvalue weighted by Gasteiger charge is -2.34. The van der Waals surface area contributed by atoms with Gasteiger partial charge in [0.1, 0.15) is 12.2 Å². The van der Waals surface area contributed by atoms with Crippen molar-refractivity contribution in [3.63, 3.8) is 0 Å². The average Bonchev–Trinajstić information content (AvgIpc) is 2.85. The van der Waals surface area contributed by atoms with Crippen LogP contribution in [0, 0.1) is 5.92 Å². The largest absolute Gasteiger partial charge is 0.362 e. The van der Waals surface area contributed by atoms with E-state index < -0.39 is 0 Å². The molecule has 0 amide bonds. The van der Waals surface area contributed by atoms with Gasteiger partial charge >= 0.3 is 0 Å². The Morgan fingerprint density at radius 2 is 2.14 bits per heavy atom. The first kappa shape index (κ1) is 14.1. The van der Waals surface area contributed by atoms with E-state index in [1.54, 1.807) is 6.33 Å². The number of para-hydroxylation sites is 1. The first-order valence-corrected chi connectivity index (χ1v) is 7.58. The van der Waals surface area contributed by atoms with E-state index >= 15 is 0 Å². The fourth-order valence-corrected chi connectivity index (χ4v) is 2.95. The van der Waals surface area contributed by atoms with Crippen molar-refractivity contribution in [3.05, 3.63) is 42.0 Å². The topological polar surface area (TPSA) is 60.0 Å². The minimum Gasteiger partial charge on any atom is -0.362 e. The van der Waals surface area contributed by atoms with E-state index in [4.69, 9.17) is 5.73 Å². The Balaban J connectivity index is 1.84. The summed E-state index contributed by atoms with van der Waals surface area (Å²) in [7, 11) is 0. The fraction of sp³-hybridized carbons (Fsp3) is 0.500. The van der Waals surface area contributed by atoms with E-state index in [0.717, 1.165) is 31.9 Å². The van der Waals surface area contributed by atoms with E-state index in [1.165, 1.54) is 11.3 Å². The summed E-state index contributed by atoms with van der Waals surface area (Å²) in [6.45, 7) is 6.91. The summed E-state index contributed by atoms with van der Waals surface area (Å²) in [5, 5.41) is 4.34. The van der Waals surface area contributed by atoms with Crippen molar-refractivity contribution in [1.82, 2.24) is 14.8 Å². The number of hydrogen-bond acceptors (Lipinski definition) is 4. The number of anilines is 1. The van der Waals surface area contributed by atoms with Crippen LogP contribution in [0.5, 0.6) is 0 Å². The lowest BCUT2D eigenvalue weighted by molar-refractivity contribution is 0.460. The summed E-state index contributed by atoms with van der Waals surface area (Å²) in [5.74, 6) is 1.56. The summed E-state index contributed by atoms with van der Waals surface area (Å²) in [4.78, 5) is 6.75. The standard InChI is InChI=1S/C16H23N5/c1-12(2)8-21-16(18-11-19-21)10-20-9-14(17)7-13-5-3-4-6-15(13)20/h3-6,11-12,14H,7-10,17H2,1-2H3. The predicted molar refractivity (Wildman–Crippen MR) is 84.0 cm³/mol. The number of nitrogens with zero attached hydrogens (tertiary/aromatic N) is 4. The molecule has 1 aromatic heterocycles. The van der Waals surface area contributed by atoms with Gasteiger partial charge in [-0.05, 0) is 24.0 Å². The van der Waals surface area contributed by atoms with Gasteiger partial charge in [0.15, 0.2) is 0 Å². The molecule has 0 bridgehead atoms. The third-order valence-corrected chi connectivity index (χ3v) is 3.84.